The van der Waals surface area contributed by atoms with Crippen molar-refractivity contribution in [1.29, 1.82) is 0 Å². The van der Waals surface area contributed by atoms with E-state index in [1.54, 1.807) is 0 Å². The first kappa shape index (κ1) is 68.1. The number of hydrogen-bond acceptors (Lipinski definition) is 6. The Morgan fingerprint density at radius 1 is 0.310 bits per heavy atom. The van der Waals surface area contributed by atoms with Crippen molar-refractivity contribution in [3.63, 3.8) is 0 Å². The third-order valence-corrected chi connectivity index (χ3v) is 13.5. The third-order valence-electron chi connectivity index (χ3n) is 13.5. The minimum atomic E-state index is -0.780. The smallest absolute Gasteiger partial charge is 0.306 e. The Hall–Kier alpha value is -2.89. The van der Waals surface area contributed by atoms with E-state index < -0.39 is 6.10 Å². The fourth-order valence-corrected chi connectivity index (χ4v) is 8.92. The van der Waals surface area contributed by atoms with Crippen LogP contribution in [0.5, 0.6) is 0 Å². The van der Waals surface area contributed by atoms with Gasteiger partial charge in [-0.25, -0.2) is 0 Å². The molecule has 71 heavy (non-hydrogen) atoms. The van der Waals surface area contributed by atoms with Crippen LogP contribution in [0.15, 0.2) is 60.8 Å². The highest BCUT2D eigenvalue weighted by Crippen LogP contribution is 2.17. The maximum atomic E-state index is 12.9. The molecule has 0 aromatic rings. The summed E-state index contributed by atoms with van der Waals surface area (Å²) in [6, 6.07) is 0. The molecule has 1 atom stereocenters. The molecule has 0 fully saturated rings. The summed E-state index contributed by atoms with van der Waals surface area (Å²) < 4.78 is 16.9. The lowest BCUT2D eigenvalue weighted by atomic mass is 10.0. The molecule has 412 valence electrons. The molecule has 6 nitrogen and oxygen atoms in total. The molecule has 0 aliphatic rings. The molecule has 0 radical (unpaired) electrons. The molecular weight excluding hydrogens is 877 g/mol. The topological polar surface area (TPSA) is 78.9 Å². The molecule has 0 rings (SSSR count). The van der Waals surface area contributed by atoms with Gasteiger partial charge in [0.2, 0.25) is 0 Å². The van der Waals surface area contributed by atoms with Crippen LogP contribution in [-0.2, 0) is 28.6 Å². The van der Waals surface area contributed by atoms with Crippen LogP contribution in [0.25, 0.3) is 0 Å². The van der Waals surface area contributed by atoms with Gasteiger partial charge in [0.1, 0.15) is 13.2 Å². The Morgan fingerprint density at radius 3 is 0.972 bits per heavy atom. The van der Waals surface area contributed by atoms with Crippen LogP contribution in [0, 0.1) is 0 Å². The molecule has 0 aliphatic heterocycles. The van der Waals surface area contributed by atoms with Gasteiger partial charge in [0.25, 0.3) is 0 Å². The summed E-state index contributed by atoms with van der Waals surface area (Å²) in [5.41, 5.74) is 0. The van der Waals surface area contributed by atoms with Gasteiger partial charge in [-0.1, -0.05) is 281 Å². The first-order chi connectivity index (χ1) is 35.0. The molecule has 0 aliphatic carbocycles. The van der Waals surface area contributed by atoms with E-state index in [1.807, 2.05) is 0 Å². The molecule has 6 heteroatoms. The molecule has 0 heterocycles. The molecule has 0 aromatic heterocycles. The second-order valence-corrected chi connectivity index (χ2v) is 20.6. The summed E-state index contributed by atoms with van der Waals surface area (Å²) in [4.78, 5) is 38.3. The van der Waals surface area contributed by atoms with Crippen molar-refractivity contribution in [1.82, 2.24) is 0 Å². The fraction of sp³-hybridized carbons (Fsp3) is 0.800. The van der Waals surface area contributed by atoms with E-state index in [-0.39, 0.29) is 31.1 Å². The molecule has 0 bridgehead atoms. The maximum absolute atomic E-state index is 12.9. The quantitative estimate of drug-likeness (QED) is 0.0199. The van der Waals surface area contributed by atoms with Gasteiger partial charge in [-0.05, 0) is 77.0 Å². The molecule has 1 unspecified atom stereocenters. The van der Waals surface area contributed by atoms with Crippen LogP contribution < -0.4 is 0 Å². The van der Waals surface area contributed by atoms with E-state index in [1.165, 1.54) is 193 Å². The number of unbranched alkanes of at least 4 members (excludes halogenated alkanes) is 36. The van der Waals surface area contributed by atoms with Crippen LogP contribution in [0.3, 0.4) is 0 Å². The number of esters is 3. The second-order valence-electron chi connectivity index (χ2n) is 20.6. The normalized spacial score (nSPS) is 12.4. The van der Waals surface area contributed by atoms with Gasteiger partial charge in [0, 0.05) is 19.3 Å². The van der Waals surface area contributed by atoms with E-state index in [4.69, 9.17) is 14.2 Å². The van der Waals surface area contributed by atoms with Crippen molar-refractivity contribution in [2.75, 3.05) is 13.2 Å². The van der Waals surface area contributed by atoms with E-state index in [0.717, 1.165) is 83.5 Å². The predicted molar refractivity (Wildman–Crippen MR) is 307 cm³/mol. The minimum Gasteiger partial charge on any atom is -0.462 e. The summed E-state index contributed by atoms with van der Waals surface area (Å²) in [7, 11) is 0. The molecule has 0 amide bonds. The van der Waals surface area contributed by atoms with E-state index in [9.17, 15) is 14.4 Å². The summed E-state index contributed by atoms with van der Waals surface area (Å²) in [6.07, 6.45) is 75.0. The lowest BCUT2D eigenvalue weighted by Crippen LogP contribution is -2.30. The van der Waals surface area contributed by atoms with Gasteiger partial charge in [-0.3, -0.25) is 14.4 Å². The van der Waals surface area contributed by atoms with Gasteiger partial charge < -0.3 is 14.2 Å². The highest BCUT2D eigenvalue weighted by Gasteiger charge is 2.19. The Balaban J connectivity index is 4.36. The molecule has 0 saturated heterocycles. The van der Waals surface area contributed by atoms with Crippen molar-refractivity contribution in [3.8, 4) is 0 Å². The lowest BCUT2D eigenvalue weighted by molar-refractivity contribution is -0.167. The average molecular weight is 994 g/mol. The molecule has 0 spiro atoms. The largest absolute Gasteiger partial charge is 0.462 e. The maximum Gasteiger partial charge on any atom is 0.306 e. The highest BCUT2D eigenvalue weighted by atomic mass is 16.6. The van der Waals surface area contributed by atoms with Crippen molar-refractivity contribution in [2.45, 2.75) is 322 Å². The van der Waals surface area contributed by atoms with E-state index in [0.29, 0.717) is 19.3 Å². The highest BCUT2D eigenvalue weighted by molar-refractivity contribution is 5.71. The SMILES string of the molecule is CC/C=C\C/C=C\C/C=C\CCCCCCCCC(=O)OCC(COC(=O)CCCCCCCCCCCC/C=C\C=C/CCCCC)OC(=O)CCCCCCCCCCCCCCCCCCCC. The summed E-state index contributed by atoms with van der Waals surface area (Å²) in [5.74, 6) is -0.876. The number of hydrogen-bond donors (Lipinski definition) is 0. The average Bonchev–Trinajstić information content (AvgIpc) is 3.37. The van der Waals surface area contributed by atoms with Gasteiger partial charge in [0.05, 0.1) is 0 Å². The zero-order valence-corrected chi connectivity index (χ0v) is 47.2. The second kappa shape index (κ2) is 59.7. The summed E-state index contributed by atoms with van der Waals surface area (Å²) in [5, 5.41) is 0. The van der Waals surface area contributed by atoms with E-state index >= 15 is 0 Å². The molecular formula is C65H116O6. The van der Waals surface area contributed by atoms with Crippen LogP contribution in [-0.4, -0.2) is 37.2 Å². The van der Waals surface area contributed by atoms with Crippen LogP contribution in [0.4, 0.5) is 0 Å². The standard InChI is InChI=1S/C65H116O6/c1-4-7-10-13-16-19-22-25-28-31-33-35-37-40-43-46-49-52-55-58-64(67)70-61-62(60-69-63(66)57-54-51-48-45-42-39-36-30-27-24-21-18-15-12-9-6-3)71-65(68)59-56-53-50-47-44-41-38-34-32-29-26-23-20-17-14-11-8-5-2/h9,12,16,18-19,21-22,25,27,30,62H,4-8,10-11,13-15,17,20,23-24,26,28-29,31-61H2,1-3H3/b12-9-,19-16-,21-18-,25-22-,30-27-. The van der Waals surface area contributed by atoms with Crippen molar-refractivity contribution < 1.29 is 28.6 Å². The lowest BCUT2D eigenvalue weighted by Gasteiger charge is -2.18. The molecule has 0 aromatic carbocycles. The van der Waals surface area contributed by atoms with Crippen molar-refractivity contribution in [2.24, 2.45) is 0 Å². The minimum absolute atomic E-state index is 0.0774. The molecule has 0 saturated carbocycles. The monoisotopic (exact) mass is 993 g/mol. The van der Waals surface area contributed by atoms with Gasteiger partial charge in [-0.15, -0.1) is 0 Å². The zero-order valence-electron chi connectivity index (χ0n) is 47.2. The first-order valence-electron chi connectivity index (χ1n) is 30.8. The van der Waals surface area contributed by atoms with Crippen molar-refractivity contribution in [3.05, 3.63) is 60.8 Å². The number of rotatable bonds is 56. The Labute approximate surface area is 440 Å². The number of ether oxygens (including phenoxy) is 3. The van der Waals surface area contributed by atoms with Crippen LogP contribution >= 0.6 is 0 Å². The number of carbonyl (C=O) groups excluding carboxylic acids is 3. The number of allylic oxidation sites excluding steroid dienone is 10. The van der Waals surface area contributed by atoms with Crippen LogP contribution in [0.1, 0.15) is 316 Å². The number of carbonyl (C=O) groups is 3. The first-order valence-corrected chi connectivity index (χ1v) is 30.8. The summed E-state index contributed by atoms with van der Waals surface area (Å²) in [6.45, 7) is 6.53. The Kier molecular flexibility index (Phi) is 57.2. The van der Waals surface area contributed by atoms with Gasteiger partial charge in [-0.2, -0.15) is 0 Å². The van der Waals surface area contributed by atoms with Crippen LogP contribution in [0.2, 0.25) is 0 Å². The Morgan fingerprint density at radius 2 is 0.592 bits per heavy atom. The van der Waals surface area contributed by atoms with Gasteiger partial charge >= 0.3 is 17.9 Å². The third kappa shape index (κ3) is 57.9. The molecule has 0 N–H and O–H groups in total. The Bertz CT molecular complexity index is 1280. The summed E-state index contributed by atoms with van der Waals surface area (Å²) >= 11 is 0. The van der Waals surface area contributed by atoms with Gasteiger partial charge in [0.15, 0.2) is 6.10 Å². The van der Waals surface area contributed by atoms with Crippen molar-refractivity contribution >= 4 is 17.9 Å². The fourth-order valence-electron chi connectivity index (χ4n) is 8.92. The predicted octanol–water partition coefficient (Wildman–Crippen LogP) is 20.8. The van der Waals surface area contributed by atoms with E-state index in [2.05, 4.69) is 81.5 Å². The zero-order chi connectivity index (χ0) is 51.4.